The molecule has 0 spiro atoms. The van der Waals surface area contributed by atoms with Gasteiger partial charge in [0.15, 0.2) is 6.10 Å². The van der Waals surface area contributed by atoms with Gasteiger partial charge < -0.3 is 14.8 Å². The minimum Gasteiger partial charge on any atom is -0.454 e. The molecule has 0 saturated heterocycles. The third-order valence-electron chi connectivity index (χ3n) is 2.80. The Morgan fingerprint density at radius 1 is 1.17 bits per heavy atom. The highest BCUT2D eigenvalue weighted by atomic mass is 79.9. The number of halogens is 1. The van der Waals surface area contributed by atoms with E-state index < -0.39 is 23.8 Å². The fourth-order valence-electron chi connectivity index (χ4n) is 1.74. The number of carbonyl (C=O) groups is 3. The molecule has 0 saturated carbocycles. The summed E-state index contributed by atoms with van der Waals surface area (Å²) in [7, 11) is 0. The van der Waals surface area contributed by atoms with E-state index in [1.54, 1.807) is 45.0 Å². The van der Waals surface area contributed by atoms with Crippen LogP contribution in [0.5, 0.6) is 0 Å². The van der Waals surface area contributed by atoms with Gasteiger partial charge in [0.2, 0.25) is 5.78 Å². The fourth-order valence-corrected chi connectivity index (χ4v) is 2.00. The Morgan fingerprint density at radius 3 is 2.29 bits per heavy atom. The van der Waals surface area contributed by atoms with Crippen molar-refractivity contribution in [3.05, 3.63) is 34.3 Å². The van der Waals surface area contributed by atoms with E-state index >= 15 is 0 Å². The van der Waals surface area contributed by atoms with E-state index in [1.807, 2.05) is 0 Å². The average Bonchev–Trinajstić information content (AvgIpc) is 2.45. The lowest BCUT2D eigenvalue weighted by molar-refractivity contribution is -0.146. The molecule has 1 amide bonds. The summed E-state index contributed by atoms with van der Waals surface area (Å²) in [5.74, 6) is -0.847. The number of carbonyl (C=O) groups excluding carboxylic acids is 3. The van der Waals surface area contributed by atoms with Crippen LogP contribution in [0.4, 0.5) is 4.79 Å². The van der Waals surface area contributed by atoms with Crippen molar-refractivity contribution in [1.29, 1.82) is 0 Å². The van der Waals surface area contributed by atoms with E-state index in [1.165, 1.54) is 6.92 Å². The van der Waals surface area contributed by atoms with E-state index in [4.69, 9.17) is 9.47 Å². The van der Waals surface area contributed by atoms with Crippen molar-refractivity contribution in [2.75, 3.05) is 6.54 Å². The molecule has 0 bridgehead atoms. The van der Waals surface area contributed by atoms with Crippen molar-refractivity contribution in [2.45, 2.75) is 45.8 Å². The molecule has 1 N–H and O–H groups in total. The SMILES string of the molecule is C[C@@H](OC(=O)CCNC(=O)OC(C)(C)C)C(=O)c1ccc(Br)cc1. The van der Waals surface area contributed by atoms with Gasteiger partial charge >= 0.3 is 12.1 Å². The summed E-state index contributed by atoms with van der Waals surface area (Å²) in [6, 6.07) is 6.79. The zero-order valence-corrected chi connectivity index (χ0v) is 15.8. The predicted octanol–water partition coefficient (Wildman–Crippen LogP) is 3.48. The lowest BCUT2D eigenvalue weighted by Crippen LogP contribution is -2.34. The van der Waals surface area contributed by atoms with Gasteiger partial charge in [-0.2, -0.15) is 0 Å². The third kappa shape index (κ3) is 7.59. The monoisotopic (exact) mass is 399 g/mol. The molecule has 0 aliphatic rings. The number of esters is 1. The molecule has 1 rings (SSSR count). The van der Waals surface area contributed by atoms with Gasteiger partial charge in [-0.3, -0.25) is 9.59 Å². The van der Waals surface area contributed by atoms with Crippen LogP contribution in [0.15, 0.2) is 28.7 Å². The molecule has 1 aromatic rings. The normalized spacial score (nSPS) is 12.2. The smallest absolute Gasteiger partial charge is 0.407 e. The number of hydrogen-bond donors (Lipinski definition) is 1. The van der Waals surface area contributed by atoms with Gasteiger partial charge in [-0.05, 0) is 39.8 Å². The topological polar surface area (TPSA) is 81.7 Å². The number of alkyl carbamates (subject to hydrolysis) is 1. The zero-order valence-electron chi connectivity index (χ0n) is 14.2. The van der Waals surface area contributed by atoms with Gasteiger partial charge in [0.05, 0.1) is 6.42 Å². The van der Waals surface area contributed by atoms with Crippen LogP contribution in [0.25, 0.3) is 0 Å². The summed E-state index contributed by atoms with van der Waals surface area (Å²) in [6.07, 6.45) is -1.54. The largest absolute Gasteiger partial charge is 0.454 e. The lowest BCUT2D eigenvalue weighted by atomic mass is 10.1. The first-order valence-corrected chi connectivity index (χ1v) is 8.34. The van der Waals surface area contributed by atoms with Crippen LogP contribution >= 0.6 is 15.9 Å². The van der Waals surface area contributed by atoms with Crippen LogP contribution in [0, 0.1) is 0 Å². The van der Waals surface area contributed by atoms with Crippen LogP contribution in [0.2, 0.25) is 0 Å². The van der Waals surface area contributed by atoms with Crippen molar-refractivity contribution in [3.8, 4) is 0 Å². The van der Waals surface area contributed by atoms with Crippen LogP contribution in [-0.2, 0) is 14.3 Å². The summed E-state index contributed by atoms with van der Waals surface area (Å²) in [5.41, 5.74) is -0.138. The van der Waals surface area contributed by atoms with Gasteiger partial charge in [0.1, 0.15) is 5.60 Å². The van der Waals surface area contributed by atoms with Crippen molar-refractivity contribution in [3.63, 3.8) is 0 Å². The molecule has 0 aliphatic heterocycles. The Balaban J connectivity index is 2.37. The number of ether oxygens (including phenoxy) is 2. The maximum absolute atomic E-state index is 12.1. The number of nitrogens with one attached hydrogen (secondary N) is 1. The highest BCUT2D eigenvalue weighted by molar-refractivity contribution is 9.10. The maximum atomic E-state index is 12.1. The number of benzene rings is 1. The molecule has 0 fully saturated rings. The molecule has 0 aromatic heterocycles. The molecule has 24 heavy (non-hydrogen) atoms. The Morgan fingerprint density at radius 2 is 1.75 bits per heavy atom. The summed E-state index contributed by atoms with van der Waals surface area (Å²) in [6.45, 7) is 6.83. The Hall–Kier alpha value is -1.89. The van der Waals surface area contributed by atoms with E-state index in [0.717, 1.165) is 4.47 Å². The summed E-state index contributed by atoms with van der Waals surface area (Å²) >= 11 is 3.29. The standard InChI is InChI=1S/C17H22BrNO5/c1-11(15(21)12-5-7-13(18)8-6-12)23-14(20)9-10-19-16(22)24-17(2,3)4/h5-8,11H,9-10H2,1-4H3,(H,19,22)/t11-/m1/s1. The van der Waals surface area contributed by atoms with Crippen molar-refractivity contribution >= 4 is 33.8 Å². The van der Waals surface area contributed by atoms with Crippen LogP contribution in [0.1, 0.15) is 44.5 Å². The summed E-state index contributed by atoms with van der Waals surface area (Å²) < 4.78 is 11.0. The number of Topliss-reactive ketones (excluding diaryl/α,β-unsaturated/α-hetero) is 1. The average molecular weight is 400 g/mol. The second kappa shape index (κ2) is 8.82. The lowest BCUT2D eigenvalue weighted by Gasteiger charge is -2.19. The van der Waals surface area contributed by atoms with E-state index in [-0.39, 0.29) is 18.7 Å². The highest BCUT2D eigenvalue weighted by Crippen LogP contribution is 2.13. The third-order valence-corrected chi connectivity index (χ3v) is 3.33. The molecule has 1 atom stereocenters. The molecule has 0 aliphatic carbocycles. The Labute approximate surface area is 150 Å². The first-order chi connectivity index (χ1) is 11.1. The van der Waals surface area contributed by atoms with Crippen molar-refractivity contribution in [2.24, 2.45) is 0 Å². The molecule has 7 heteroatoms. The minimum atomic E-state index is -0.889. The van der Waals surface area contributed by atoms with Crippen LogP contribution < -0.4 is 5.32 Å². The number of ketones is 1. The van der Waals surface area contributed by atoms with Crippen molar-refractivity contribution < 1.29 is 23.9 Å². The van der Waals surface area contributed by atoms with E-state index in [9.17, 15) is 14.4 Å². The van der Waals surface area contributed by atoms with Crippen LogP contribution in [0.3, 0.4) is 0 Å². The Kier molecular flexibility index (Phi) is 7.41. The first kappa shape index (κ1) is 20.2. The summed E-state index contributed by atoms with van der Waals surface area (Å²) in [5, 5.41) is 2.46. The molecule has 132 valence electrons. The molecule has 0 radical (unpaired) electrons. The predicted molar refractivity (Wildman–Crippen MR) is 92.9 cm³/mol. The van der Waals surface area contributed by atoms with Gasteiger partial charge in [0.25, 0.3) is 0 Å². The fraction of sp³-hybridized carbons (Fsp3) is 0.471. The first-order valence-electron chi connectivity index (χ1n) is 7.54. The van der Waals surface area contributed by atoms with E-state index in [2.05, 4.69) is 21.2 Å². The summed E-state index contributed by atoms with van der Waals surface area (Å²) in [4.78, 5) is 35.3. The second-order valence-corrected chi connectivity index (χ2v) is 7.10. The molecule has 0 unspecified atom stereocenters. The number of amides is 1. The molecule has 6 nitrogen and oxygen atoms in total. The molecule has 1 aromatic carbocycles. The van der Waals surface area contributed by atoms with Gasteiger partial charge in [0, 0.05) is 16.6 Å². The molecule has 0 heterocycles. The highest BCUT2D eigenvalue weighted by Gasteiger charge is 2.20. The quantitative estimate of drug-likeness (QED) is 0.584. The van der Waals surface area contributed by atoms with Crippen molar-refractivity contribution in [1.82, 2.24) is 5.32 Å². The zero-order chi connectivity index (χ0) is 18.3. The van der Waals surface area contributed by atoms with Gasteiger partial charge in [-0.25, -0.2) is 4.79 Å². The van der Waals surface area contributed by atoms with E-state index in [0.29, 0.717) is 5.56 Å². The molecular weight excluding hydrogens is 378 g/mol. The number of rotatable bonds is 6. The Bertz CT molecular complexity index is 592. The molecular formula is C17H22BrNO5. The second-order valence-electron chi connectivity index (χ2n) is 6.18. The van der Waals surface area contributed by atoms with Gasteiger partial charge in [-0.1, -0.05) is 28.1 Å². The maximum Gasteiger partial charge on any atom is 0.407 e. The van der Waals surface area contributed by atoms with Crippen LogP contribution in [-0.4, -0.2) is 36.1 Å². The van der Waals surface area contributed by atoms with Gasteiger partial charge in [-0.15, -0.1) is 0 Å². The minimum absolute atomic E-state index is 0.0444. The number of hydrogen-bond acceptors (Lipinski definition) is 5.